The molecule has 0 spiro atoms. The highest BCUT2D eigenvalue weighted by Gasteiger charge is 2.25. The van der Waals surface area contributed by atoms with E-state index in [4.69, 9.17) is 4.74 Å². The van der Waals surface area contributed by atoms with Gasteiger partial charge >= 0.3 is 0 Å². The second-order valence-electron chi connectivity index (χ2n) is 5.27. The van der Waals surface area contributed by atoms with Crippen LogP contribution in [-0.2, 0) is 14.8 Å². The van der Waals surface area contributed by atoms with E-state index in [9.17, 15) is 13.2 Å². The fraction of sp³-hybridized carbons (Fsp3) is 0.105. The molecule has 0 saturated carbocycles. The van der Waals surface area contributed by atoms with Crippen molar-refractivity contribution in [1.82, 2.24) is 3.97 Å². The van der Waals surface area contributed by atoms with Gasteiger partial charge in [-0.1, -0.05) is 36.4 Å². The molecule has 0 radical (unpaired) electrons. The van der Waals surface area contributed by atoms with Crippen molar-refractivity contribution in [3.63, 3.8) is 0 Å². The van der Waals surface area contributed by atoms with Crippen LogP contribution in [0.3, 0.4) is 0 Å². The van der Waals surface area contributed by atoms with E-state index in [0.717, 1.165) is 3.97 Å². The minimum atomic E-state index is -3.91. The molecule has 1 heterocycles. The third-order valence-corrected chi connectivity index (χ3v) is 5.54. The van der Waals surface area contributed by atoms with Crippen LogP contribution < -0.4 is 0 Å². The summed E-state index contributed by atoms with van der Waals surface area (Å²) in [4.78, 5) is 11.9. The minimum absolute atomic E-state index is 0.0704. The number of nitrogens with zero attached hydrogens (tertiary/aromatic N) is 1. The van der Waals surface area contributed by atoms with Gasteiger partial charge in [0.05, 0.1) is 23.3 Å². The van der Waals surface area contributed by atoms with Gasteiger partial charge in [-0.25, -0.2) is 12.4 Å². The van der Waals surface area contributed by atoms with Crippen molar-refractivity contribution in [1.29, 1.82) is 0 Å². The van der Waals surface area contributed by atoms with Crippen molar-refractivity contribution >= 4 is 33.3 Å². The van der Waals surface area contributed by atoms with Crippen LogP contribution in [0.5, 0.6) is 0 Å². The van der Waals surface area contributed by atoms with E-state index >= 15 is 0 Å². The van der Waals surface area contributed by atoms with Crippen LogP contribution in [-0.4, -0.2) is 25.3 Å². The van der Waals surface area contributed by atoms with Gasteiger partial charge < -0.3 is 4.74 Å². The molecule has 25 heavy (non-hydrogen) atoms. The first-order valence-corrected chi connectivity index (χ1v) is 9.22. The highest BCUT2D eigenvalue weighted by Crippen LogP contribution is 2.30. The van der Waals surface area contributed by atoms with E-state index in [2.05, 4.69) is 0 Å². The summed E-state index contributed by atoms with van der Waals surface area (Å²) in [5.41, 5.74) is 1.03. The molecule has 0 saturated heterocycles. The molecule has 0 unspecified atom stereocenters. The minimum Gasteiger partial charge on any atom is -0.501 e. The zero-order valence-electron chi connectivity index (χ0n) is 13.6. The van der Waals surface area contributed by atoms with Crippen LogP contribution in [0.4, 0.5) is 0 Å². The monoisotopic (exact) mass is 355 g/mol. The van der Waals surface area contributed by atoms with E-state index < -0.39 is 10.0 Å². The molecule has 0 atom stereocenters. The lowest BCUT2D eigenvalue weighted by molar-refractivity contribution is 0.111. The second-order valence-corrected chi connectivity index (χ2v) is 7.06. The van der Waals surface area contributed by atoms with Crippen LogP contribution in [0, 0.1) is 0 Å². The number of benzene rings is 2. The first-order valence-electron chi connectivity index (χ1n) is 7.78. The predicted molar refractivity (Wildman–Crippen MR) is 97.0 cm³/mol. The predicted octanol–water partition coefficient (Wildman–Crippen LogP) is 3.70. The van der Waals surface area contributed by atoms with Crippen molar-refractivity contribution in [2.45, 2.75) is 11.8 Å². The van der Waals surface area contributed by atoms with Crippen molar-refractivity contribution in [2.75, 3.05) is 6.61 Å². The Morgan fingerprint density at radius 2 is 1.72 bits per heavy atom. The average Bonchev–Trinajstić information content (AvgIpc) is 2.97. The Morgan fingerprint density at radius 1 is 1.04 bits per heavy atom. The molecule has 0 aliphatic heterocycles. The molecule has 3 aromatic rings. The number of carbonyl (C=O) groups is 1. The molecular formula is C19H17NO4S. The molecule has 5 nitrogen and oxygen atoms in total. The van der Waals surface area contributed by atoms with Crippen molar-refractivity contribution in [3.8, 4) is 0 Å². The van der Waals surface area contributed by atoms with Gasteiger partial charge in [-0.2, -0.15) is 0 Å². The summed E-state index contributed by atoms with van der Waals surface area (Å²) in [6, 6.07) is 15.1. The molecule has 0 N–H and O–H groups in total. The number of ether oxygens (including phenoxy) is 1. The molecule has 0 fully saturated rings. The van der Waals surface area contributed by atoms with E-state index in [-0.39, 0.29) is 10.6 Å². The van der Waals surface area contributed by atoms with Crippen LogP contribution in [0.1, 0.15) is 23.0 Å². The topological polar surface area (TPSA) is 65.4 Å². The number of aromatic nitrogens is 1. The molecule has 0 amide bonds. The lowest BCUT2D eigenvalue weighted by Crippen LogP contribution is -2.15. The maximum absolute atomic E-state index is 13.1. The fourth-order valence-corrected chi connectivity index (χ4v) is 4.24. The van der Waals surface area contributed by atoms with Crippen molar-refractivity contribution < 1.29 is 17.9 Å². The van der Waals surface area contributed by atoms with Crippen molar-refractivity contribution in [2.24, 2.45) is 0 Å². The summed E-state index contributed by atoms with van der Waals surface area (Å²) in [6.45, 7) is 2.32. The number of para-hydroxylation sites is 1. The lowest BCUT2D eigenvalue weighted by atomic mass is 10.1. The Kier molecular flexibility index (Phi) is 4.72. The summed E-state index contributed by atoms with van der Waals surface area (Å²) in [7, 11) is -3.91. The third kappa shape index (κ3) is 2.96. The molecule has 128 valence electrons. The van der Waals surface area contributed by atoms with E-state index in [0.29, 0.717) is 29.4 Å². The van der Waals surface area contributed by atoms with Gasteiger partial charge in [0.15, 0.2) is 6.29 Å². The molecule has 0 aliphatic carbocycles. The first kappa shape index (κ1) is 17.0. The molecular weight excluding hydrogens is 338 g/mol. The summed E-state index contributed by atoms with van der Waals surface area (Å²) < 4.78 is 32.5. The fourth-order valence-electron chi connectivity index (χ4n) is 2.71. The van der Waals surface area contributed by atoms with Gasteiger partial charge in [-0.3, -0.25) is 4.79 Å². The molecule has 2 aromatic carbocycles. The van der Waals surface area contributed by atoms with Crippen LogP contribution in [0.2, 0.25) is 0 Å². The van der Waals surface area contributed by atoms with E-state index in [1.54, 1.807) is 48.5 Å². The zero-order chi connectivity index (χ0) is 17.9. The normalized spacial score (nSPS) is 11.9. The summed E-state index contributed by atoms with van der Waals surface area (Å²) in [5, 5.41) is 0.667. The number of rotatable bonds is 6. The van der Waals surface area contributed by atoms with Crippen molar-refractivity contribution in [3.05, 3.63) is 72.1 Å². The second kappa shape index (κ2) is 6.94. The number of fused-ring (bicyclic) bond motifs is 1. The smallest absolute Gasteiger partial charge is 0.268 e. The van der Waals surface area contributed by atoms with Gasteiger partial charge in [0.2, 0.25) is 0 Å². The van der Waals surface area contributed by atoms with Gasteiger partial charge in [0.25, 0.3) is 10.0 Å². The Hall–Kier alpha value is -2.86. The SMILES string of the molecule is CCO/C=C/c1c(C=O)n(S(=O)(=O)c2ccccc2)c2ccccc12. The highest BCUT2D eigenvalue weighted by atomic mass is 32.2. The number of hydrogen-bond donors (Lipinski definition) is 0. The summed E-state index contributed by atoms with van der Waals surface area (Å²) >= 11 is 0. The standard InChI is InChI=1S/C19H17NO4S/c1-2-24-13-12-17-16-10-6-7-11-18(16)20(19(17)14-21)25(22,23)15-8-4-3-5-9-15/h3-14H,2H2,1H3/b13-12+. The first-order chi connectivity index (χ1) is 12.1. The van der Waals surface area contributed by atoms with E-state index in [1.165, 1.54) is 18.4 Å². The van der Waals surface area contributed by atoms with Gasteiger partial charge in [-0.15, -0.1) is 0 Å². The Bertz CT molecular complexity index is 1030. The zero-order valence-corrected chi connectivity index (χ0v) is 14.4. The van der Waals surface area contributed by atoms with Crippen LogP contribution in [0.25, 0.3) is 17.0 Å². The largest absolute Gasteiger partial charge is 0.501 e. The number of hydrogen-bond acceptors (Lipinski definition) is 4. The molecule has 3 rings (SSSR count). The molecule has 0 bridgehead atoms. The number of carbonyl (C=O) groups excluding carboxylic acids is 1. The van der Waals surface area contributed by atoms with E-state index in [1.807, 2.05) is 6.92 Å². The average molecular weight is 355 g/mol. The summed E-state index contributed by atoms with van der Waals surface area (Å²) in [5.74, 6) is 0. The van der Waals surface area contributed by atoms with Crippen LogP contribution in [0.15, 0.2) is 65.8 Å². The third-order valence-electron chi connectivity index (χ3n) is 3.80. The van der Waals surface area contributed by atoms with Gasteiger partial charge in [-0.05, 0) is 31.2 Å². The maximum Gasteiger partial charge on any atom is 0.268 e. The Labute approximate surface area is 146 Å². The highest BCUT2D eigenvalue weighted by molar-refractivity contribution is 7.90. The maximum atomic E-state index is 13.1. The van der Waals surface area contributed by atoms with Gasteiger partial charge in [0, 0.05) is 10.9 Å². The Balaban J connectivity index is 2.34. The quantitative estimate of drug-likeness (QED) is 0.499. The molecule has 6 heteroatoms. The Morgan fingerprint density at radius 3 is 2.40 bits per heavy atom. The lowest BCUT2D eigenvalue weighted by Gasteiger charge is -2.09. The van der Waals surface area contributed by atoms with Crippen LogP contribution >= 0.6 is 0 Å². The molecule has 1 aromatic heterocycles. The summed E-state index contributed by atoms with van der Waals surface area (Å²) in [6.07, 6.45) is 3.65. The van der Waals surface area contributed by atoms with Gasteiger partial charge in [0.1, 0.15) is 5.69 Å². The molecule has 0 aliphatic rings. The number of aldehydes is 1.